The summed E-state index contributed by atoms with van der Waals surface area (Å²) in [5.74, 6) is 0.908. The molecule has 1 fully saturated rings. The van der Waals surface area contributed by atoms with Gasteiger partial charge in [-0.2, -0.15) is 0 Å². The highest BCUT2D eigenvalue weighted by atomic mass is 16.5. The second-order valence-electron chi connectivity index (χ2n) is 8.53. The third-order valence-electron chi connectivity index (χ3n) is 6.24. The van der Waals surface area contributed by atoms with Crippen LogP contribution in [0, 0.1) is 0 Å². The molecule has 3 atom stereocenters. The van der Waals surface area contributed by atoms with Gasteiger partial charge in [0, 0.05) is 42.5 Å². The highest BCUT2D eigenvalue weighted by molar-refractivity contribution is 5.88. The minimum Gasteiger partial charge on any atom is -0.497 e. The van der Waals surface area contributed by atoms with Crippen LogP contribution in [0.3, 0.4) is 0 Å². The Balaban J connectivity index is 1.73. The zero-order valence-corrected chi connectivity index (χ0v) is 18.9. The molecule has 1 amide bonds. The third-order valence-corrected chi connectivity index (χ3v) is 6.24. The summed E-state index contributed by atoms with van der Waals surface area (Å²) in [5.41, 5.74) is 4.69. The van der Waals surface area contributed by atoms with Crippen LogP contribution in [0.1, 0.15) is 49.8 Å². The molecule has 1 aromatic heterocycles. The Hall–Kier alpha value is -2.79. The van der Waals surface area contributed by atoms with Gasteiger partial charge >= 0.3 is 0 Å². The van der Waals surface area contributed by atoms with E-state index < -0.39 is 0 Å². The number of aryl methyl sites for hydroxylation is 1. The van der Waals surface area contributed by atoms with Crippen LogP contribution >= 0.6 is 0 Å². The van der Waals surface area contributed by atoms with E-state index in [1.165, 1.54) is 10.9 Å². The maximum atomic E-state index is 13.4. The van der Waals surface area contributed by atoms with Crippen molar-refractivity contribution in [3.05, 3.63) is 65.4 Å². The first-order valence-electron chi connectivity index (χ1n) is 11.2. The van der Waals surface area contributed by atoms with Crippen LogP contribution < -0.4 is 4.74 Å². The molecule has 2 heterocycles. The Bertz CT molecular complexity index is 1050. The summed E-state index contributed by atoms with van der Waals surface area (Å²) in [7, 11) is 1.68. The lowest BCUT2D eigenvalue weighted by Gasteiger charge is -2.36. The number of nitrogens with zero attached hydrogens (tertiary/aromatic N) is 1. The Labute approximate surface area is 184 Å². The van der Waals surface area contributed by atoms with E-state index in [1.807, 2.05) is 36.9 Å². The Kier molecular flexibility index (Phi) is 6.33. The number of carbonyl (C=O) groups excluding carboxylic acids is 1. The normalized spacial score (nSPS) is 20.1. The number of H-pyrrole nitrogens is 1. The van der Waals surface area contributed by atoms with Crippen molar-refractivity contribution in [2.45, 2.75) is 51.7 Å². The fraction of sp³-hybridized carbons (Fsp3) is 0.423. The van der Waals surface area contributed by atoms with Crippen molar-refractivity contribution in [2.24, 2.45) is 0 Å². The zero-order valence-electron chi connectivity index (χ0n) is 18.9. The number of hydrogen-bond acceptors (Lipinski definition) is 3. The number of fused-ring (bicyclic) bond motifs is 1. The molecule has 5 nitrogen and oxygen atoms in total. The molecule has 0 radical (unpaired) electrons. The highest BCUT2D eigenvalue weighted by Crippen LogP contribution is 2.36. The number of para-hydroxylation sites is 1. The molecule has 0 unspecified atom stereocenters. The number of benzene rings is 2. The lowest BCUT2D eigenvalue weighted by Crippen LogP contribution is -2.48. The number of aromatic nitrogens is 1. The van der Waals surface area contributed by atoms with Crippen molar-refractivity contribution in [2.75, 3.05) is 20.2 Å². The number of methoxy groups -OCH3 is 1. The molecule has 1 aliphatic heterocycles. The molecule has 31 heavy (non-hydrogen) atoms. The summed E-state index contributed by atoms with van der Waals surface area (Å²) >= 11 is 0. The largest absolute Gasteiger partial charge is 0.497 e. The summed E-state index contributed by atoms with van der Waals surface area (Å²) < 4.78 is 11.3. The molecule has 1 N–H and O–H groups in total. The van der Waals surface area contributed by atoms with Crippen molar-refractivity contribution in [1.82, 2.24) is 9.88 Å². The molecule has 3 aromatic rings. The lowest BCUT2D eigenvalue weighted by molar-refractivity contribution is -0.143. The molecular formula is C26H32N2O3. The Morgan fingerprint density at radius 3 is 2.65 bits per heavy atom. The van der Waals surface area contributed by atoms with Crippen LogP contribution in [0.2, 0.25) is 0 Å². The molecule has 2 aromatic carbocycles. The van der Waals surface area contributed by atoms with Gasteiger partial charge < -0.3 is 19.4 Å². The number of amides is 1. The lowest BCUT2D eigenvalue weighted by atomic mass is 9.87. The van der Waals surface area contributed by atoms with E-state index in [4.69, 9.17) is 9.47 Å². The number of morpholine rings is 1. The molecule has 1 saturated heterocycles. The minimum atomic E-state index is -0.0584. The standard InChI is InChI=1S/C26H32N2O3/c1-5-19-8-7-11-22-24(14-27-26(19)22)23(20-9-6-10-21(12-20)30-4)13-25(29)28-15-17(2)31-18(3)16-28/h6-12,14,17-18,23,27H,5,13,15-16H2,1-4H3/t17-,18-,23+/m0/s1. The molecule has 164 valence electrons. The van der Waals surface area contributed by atoms with Crippen LogP contribution in [0.25, 0.3) is 10.9 Å². The minimum absolute atomic E-state index is 0.0584. The predicted molar refractivity (Wildman–Crippen MR) is 124 cm³/mol. The van der Waals surface area contributed by atoms with E-state index in [9.17, 15) is 4.79 Å². The van der Waals surface area contributed by atoms with Crippen molar-refractivity contribution < 1.29 is 14.3 Å². The SMILES string of the molecule is CCc1cccc2c([C@H](CC(=O)N3C[C@H](C)O[C@@H](C)C3)c3cccc(OC)c3)c[nH]c12. The summed E-state index contributed by atoms with van der Waals surface area (Å²) in [5, 5.41) is 1.18. The Morgan fingerprint density at radius 2 is 1.94 bits per heavy atom. The van der Waals surface area contributed by atoms with Crippen molar-refractivity contribution in [3.63, 3.8) is 0 Å². The summed E-state index contributed by atoms with van der Waals surface area (Å²) in [4.78, 5) is 18.8. The molecule has 0 spiro atoms. The quantitative estimate of drug-likeness (QED) is 0.617. The fourth-order valence-corrected chi connectivity index (χ4v) is 4.77. The number of carbonyl (C=O) groups is 1. The summed E-state index contributed by atoms with van der Waals surface area (Å²) in [6.07, 6.45) is 3.57. The van der Waals surface area contributed by atoms with Gasteiger partial charge in [0.25, 0.3) is 0 Å². The topological polar surface area (TPSA) is 54.6 Å². The van der Waals surface area contributed by atoms with Gasteiger partial charge in [0.2, 0.25) is 5.91 Å². The van der Waals surface area contributed by atoms with Gasteiger partial charge in [0.1, 0.15) is 5.75 Å². The third kappa shape index (κ3) is 4.47. The molecule has 5 heteroatoms. The zero-order chi connectivity index (χ0) is 22.0. The first-order valence-corrected chi connectivity index (χ1v) is 11.2. The second kappa shape index (κ2) is 9.15. The van der Waals surface area contributed by atoms with Gasteiger partial charge in [-0.05, 0) is 49.1 Å². The van der Waals surface area contributed by atoms with Gasteiger partial charge in [-0.25, -0.2) is 0 Å². The number of aromatic amines is 1. The van der Waals surface area contributed by atoms with Crippen LogP contribution in [0.4, 0.5) is 0 Å². The molecule has 0 bridgehead atoms. The first-order chi connectivity index (χ1) is 15.0. The first kappa shape index (κ1) is 21.4. The average molecular weight is 421 g/mol. The van der Waals surface area contributed by atoms with Crippen LogP contribution in [0.15, 0.2) is 48.7 Å². The van der Waals surface area contributed by atoms with Crippen LogP contribution in [-0.4, -0.2) is 48.2 Å². The molecular weight excluding hydrogens is 388 g/mol. The van der Waals surface area contributed by atoms with Crippen molar-refractivity contribution >= 4 is 16.8 Å². The summed E-state index contributed by atoms with van der Waals surface area (Å²) in [6.45, 7) is 7.51. The maximum absolute atomic E-state index is 13.4. The second-order valence-corrected chi connectivity index (χ2v) is 8.53. The fourth-order valence-electron chi connectivity index (χ4n) is 4.77. The molecule has 1 aliphatic rings. The van der Waals surface area contributed by atoms with E-state index in [0.717, 1.165) is 28.8 Å². The molecule has 4 rings (SSSR count). The smallest absolute Gasteiger partial charge is 0.223 e. The van der Waals surface area contributed by atoms with Gasteiger partial charge in [-0.15, -0.1) is 0 Å². The van der Waals surface area contributed by atoms with Crippen LogP contribution in [0.5, 0.6) is 5.75 Å². The van der Waals surface area contributed by atoms with Crippen LogP contribution in [-0.2, 0) is 16.0 Å². The monoisotopic (exact) mass is 420 g/mol. The van der Waals surface area contributed by atoms with Gasteiger partial charge in [-0.1, -0.05) is 37.3 Å². The van der Waals surface area contributed by atoms with Crippen molar-refractivity contribution in [1.29, 1.82) is 0 Å². The predicted octanol–water partition coefficient (Wildman–Crippen LogP) is 4.90. The van der Waals surface area contributed by atoms with E-state index in [1.54, 1.807) is 7.11 Å². The van der Waals surface area contributed by atoms with E-state index >= 15 is 0 Å². The van der Waals surface area contributed by atoms with E-state index in [0.29, 0.717) is 19.5 Å². The average Bonchev–Trinajstić information content (AvgIpc) is 3.20. The number of ether oxygens (including phenoxy) is 2. The highest BCUT2D eigenvalue weighted by Gasteiger charge is 2.29. The number of rotatable bonds is 6. The van der Waals surface area contributed by atoms with Crippen molar-refractivity contribution in [3.8, 4) is 5.75 Å². The van der Waals surface area contributed by atoms with Gasteiger partial charge in [0.15, 0.2) is 0 Å². The van der Waals surface area contributed by atoms with Gasteiger partial charge in [-0.3, -0.25) is 4.79 Å². The number of hydrogen-bond donors (Lipinski definition) is 1. The molecule has 0 saturated carbocycles. The summed E-state index contributed by atoms with van der Waals surface area (Å²) in [6, 6.07) is 14.5. The maximum Gasteiger partial charge on any atom is 0.223 e. The van der Waals surface area contributed by atoms with E-state index in [2.05, 4.69) is 42.4 Å². The van der Waals surface area contributed by atoms with Gasteiger partial charge in [0.05, 0.1) is 19.3 Å². The Morgan fingerprint density at radius 1 is 1.19 bits per heavy atom. The van der Waals surface area contributed by atoms with E-state index in [-0.39, 0.29) is 24.0 Å². The molecule has 0 aliphatic carbocycles. The number of nitrogens with one attached hydrogen (secondary N) is 1.